The number of nitro groups is 1. The van der Waals surface area contributed by atoms with E-state index < -0.39 is 4.92 Å². The number of rotatable bonds is 7. The lowest BCUT2D eigenvalue weighted by atomic mass is 9.90. The molecule has 1 saturated heterocycles. The maximum Gasteiger partial charge on any atom is 0.272 e. The van der Waals surface area contributed by atoms with Crippen molar-refractivity contribution in [3.05, 3.63) is 106 Å². The van der Waals surface area contributed by atoms with E-state index in [1.807, 2.05) is 35.2 Å². The van der Waals surface area contributed by atoms with Gasteiger partial charge in [0.2, 0.25) is 0 Å². The molecule has 0 atom stereocenters. The molecular formula is C29H28N4O4. The van der Waals surface area contributed by atoms with E-state index in [1.54, 1.807) is 25.3 Å². The summed E-state index contributed by atoms with van der Waals surface area (Å²) < 4.78 is 6.86. The third kappa shape index (κ3) is 5.38. The van der Waals surface area contributed by atoms with Crippen LogP contribution in [0.1, 0.15) is 28.9 Å². The summed E-state index contributed by atoms with van der Waals surface area (Å²) in [7, 11) is 1.59. The molecule has 0 N–H and O–H groups in total. The molecule has 2 heterocycles. The molecule has 1 fully saturated rings. The van der Waals surface area contributed by atoms with Crippen molar-refractivity contribution in [1.82, 2.24) is 14.7 Å². The number of hydrogen-bond donors (Lipinski definition) is 0. The summed E-state index contributed by atoms with van der Waals surface area (Å²) >= 11 is 0. The van der Waals surface area contributed by atoms with Crippen LogP contribution in [0.5, 0.6) is 5.75 Å². The quantitative estimate of drug-likeness (QED) is 0.247. The molecule has 8 nitrogen and oxygen atoms in total. The van der Waals surface area contributed by atoms with Crippen molar-refractivity contribution >= 4 is 11.6 Å². The molecule has 4 aromatic rings. The van der Waals surface area contributed by atoms with E-state index in [2.05, 4.69) is 24.3 Å². The summed E-state index contributed by atoms with van der Waals surface area (Å²) in [4.78, 5) is 26.6. The first-order valence-corrected chi connectivity index (χ1v) is 12.3. The van der Waals surface area contributed by atoms with Gasteiger partial charge in [-0.2, -0.15) is 5.10 Å². The number of likely N-dealkylation sites (tertiary alicyclic amines) is 1. The molecule has 0 unspecified atom stereocenters. The van der Waals surface area contributed by atoms with E-state index in [-0.39, 0.29) is 11.6 Å². The Morgan fingerprint density at radius 2 is 1.76 bits per heavy atom. The number of amides is 1. The Balaban J connectivity index is 1.43. The summed E-state index contributed by atoms with van der Waals surface area (Å²) in [5, 5.41) is 16.1. The Kier molecular flexibility index (Phi) is 6.98. The highest BCUT2D eigenvalue weighted by Crippen LogP contribution is 2.28. The minimum Gasteiger partial charge on any atom is -0.497 e. The Morgan fingerprint density at radius 3 is 2.49 bits per heavy atom. The molecule has 0 saturated carbocycles. The van der Waals surface area contributed by atoms with Gasteiger partial charge in [0, 0.05) is 30.8 Å². The number of ether oxygens (including phenoxy) is 1. The number of hydrogen-bond acceptors (Lipinski definition) is 5. The molecule has 5 rings (SSSR count). The lowest BCUT2D eigenvalue weighted by Gasteiger charge is -2.32. The zero-order valence-electron chi connectivity index (χ0n) is 20.6. The standard InChI is InChI=1S/C29H28N4O4/c1-37-26-12-5-9-23(18-26)27-20-28(32(30-27)24-10-6-11-25(19-24)33(35)36)29(34)31-15-13-22(14-16-31)17-21-7-3-2-4-8-21/h2-12,18-20,22H,13-17H2,1H3. The van der Waals surface area contributed by atoms with Crippen molar-refractivity contribution in [2.24, 2.45) is 5.92 Å². The van der Waals surface area contributed by atoms with Gasteiger partial charge in [-0.3, -0.25) is 14.9 Å². The van der Waals surface area contributed by atoms with Gasteiger partial charge in [0.15, 0.2) is 0 Å². The van der Waals surface area contributed by atoms with Crippen molar-refractivity contribution in [3.63, 3.8) is 0 Å². The van der Waals surface area contributed by atoms with Gasteiger partial charge in [0.1, 0.15) is 11.4 Å². The summed E-state index contributed by atoms with van der Waals surface area (Å²) in [6.45, 7) is 1.32. The third-order valence-corrected chi connectivity index (χ3v) is 6.85. The van der Waals surface area contributed by atoms with Crippen molar-refractivity contribution in [3.8, 4) is 22.7 Å². The van der Waals surface area contributed by atoms with Gasteiger partial charge in [-0.1, -0.05) is 48.5 Å². The van der Waals surface area contributed by atoms with Crippen molar-refractivity contribution in [2.45, 2.75) is 19.3 Å². The van der Waals surface area contributed by atoms with Crippen LogP contribution in [0.4, 0.5) is 5.69 Å². The molecule has 1 amide bonds. The van der Waals surface area contributed by atoms with E-state index in [0.717, 1.165) is 24.8 Å². The smallest absolute Gasteiger partial charge is 0.272 e. The van der Waals surface area contributed by atoms with Crippen LogP contribution in [0.3, 0.4) is 0 Å². The monoisotopic (exact) mass is 496 g/mol. The Bertz CT molecular complexity index is 1410. The van der Waals surface area contributed by atoms with Gasteiger partial charge in [0.05, 0.1) is 23.4 Å². The summed E-state index contributed by atoms with van der Waals surface area (Å²) in [6.07, 6.45) is 2.86. The zero-order chi connectivity index (χ0) is 25.8. The molecule has 0 bridgehead atoms. The van der Waals surface area contributed by atoms with Crippen LogP contribution in [0.2, 0.25) is 0 Å². The number of nitrogens with zero attached hydrogens (tertiary/aromatic N) is 4. The molecule has 0 spiro atoms. The summed E-state index contributed by atoms with van der Waals surface area (Å²) in [5.41, 5.74) is 3.48. The second kappa shape index (κ2) is 10.7. The van der Waals surface area contributed by atoms with Crippen LogP contribution in [-0.4, -0.2) is 45.7 Å². The van der Waals surface area contributed by atoms with Crippen LogP contribution in [0, 0.1) is 16.0 Å². The average Bonchev–Trinajstić information content (AvgIpc) is 3.39. The Labute approximate surface area is 215 Å². The first-order chi connectivity index (χ1) is 18.0. The molecule has 1 aliphatic heterocycles. The largest absolute Gasteiger partial charge is 0.497 e. The van der Waals surface area contributed by atoms with Gasteiger partial charge in [-0.05, 0) is 55.0 Å². The van der Waals surface area contributed by atoms with E-state index in [0.29, 0.717) is 41.8 Å². The molecule has 0 aliphatic carbocycles. The van der Waals surface area contributed by atoms with E-state index in [9.17, 15) is 14.9 Å². The second-order valence-corrected chi connectivity index (χ2v) is 9.26. The van der Waals surface area contributed by atoms with Crippen LogP contribution in [-0.2, 0) is 6.42 Å². The molecule has 37 heavy (non-hydrogen) atoms. The van der Waals surface area contributed by atoms with E-state index >= 15 is 0 Å². The van der Waals surface area contributed by atoms with Gasteiger partial charge in [-0.25, -0.2) is 4.68 Å². The molecule has 188 valence electrons. The maximum atomic E-state index is 13.8. The highest BCUT2D eigenvalue weighted by Gasteiger charge is 2.27. The predicted octanol–water partition coefficient (Wildman–Crippen LogP) is 5.55. The highest BCUT2D eigenvalue weighted by molar-refractivity contribution is 5.94. The van der Waals surface area contributed by atoms with Crippen LogP contribution < -0.4 is 4.74 Å². The zero-order valence-corrected chi connectivity index (χ0v) is 20.6. The number of aromatic nitrogens is 2. The minimum atomic E-state index is -0.449. The summed E-state index contributed by atoms with van der Waals surface area (Å²) in [5.74, 6) is 1.07. The van der Waals surface area contributed by atoms with Gasteiger partial charge >= 0.3 is 0 Å². The predicted molar refractivity (Wildman–Crippen MR) is 141 cm³/mol. The molecule has 8 heteroatoms. The highest BCUT2D eigenvalue weighted by atomic mass is 16.6. The first kappa shape index (κ1) is 24.2. The normalized spacial score (nSPS) is 13.9. The molecule has 0 radical (unpaired) electrons. The van der Waals surface area contributed by atoms with Crippen LogP contribution >= 0.6 is 0 Å². The number of carbonyl (C=O) groups is 1. The fraction of sp³-hybridized carbons (Fsp3) is 0.241. The first-order valence-electron chi connectivity index (χ1n) is 12.3. The van der Waals surface area contributed by atoms with E-state index in [4.69, 9.17) is 9.84 Å². The van der Waals surface area contributed by atoms with E-state index in [1.165, 1.54) is 22.4 Å². The fourth-order valence-corrected chi connectivity index (χ4v) is 4.84. The fourth-order valence-electron chi connectivity index (χ4n) is 4.84. The number of non-ortho nitro benzene ring substituents is 1. The minimum absolute atomic E-state index is 0.0592. The third-order valence-electron chi connectivity index (χ3n) is 6.85. The average molecular weight is 497 g/mol. The second-order valence-electron chi connectivity index (χ2n) is 9.26. The molecular weight excluding hydrogens is 468 g/mol. The SMILES string of the molecule is COc1cccc(-c2cc(C(=O)N3CCC(Cc4ccccc4)CC3)n(-c3cccc([N+](=O)[O-])c3)n2)c1. The number of piperidine rings is 1. The molecule has 3 aromatic carbocycles. The van der Waals surface area contributed by atoms with Gasteiger partial charge in [-0.15, -0.1) is 0 Å². The van der Waals surface area contributed by atoms with Crippen LogP contribution in [0.25, 0.3) is 16.9 Å². The van der Waals surface area contributed by atoms with Crippen molar-refractivity contribution < 1.29 is 14.5 Å². The number of benzene rings is 3. The van der Waals surface area contributed by atoms with Crippen molar-refractivity contribution in [2.75, 3.05) is 20.2 Å². The number of methoxy groups -OCH3 is 1. The summed E-state index contributed by atoms with van der Waals surface area (Å²) in [6, 6.07) is 25.8. The lowest BCUT2D eigenvalue weighted by Crippen LogP contribution is -2.39. The van der Waals surface area contributed by atoms with Gasteiger partial charge in [0.25, 0.3) is 11.6 Å². The molecule has 1 aliphatic rings. The topological polar surface area (TPSA) is 90.5 Å². The molecule has 1 aromatic heterocycles. The van der Waals surface area contributed by atoms with Gasteiger partial charge < -0.3 is 9.64 Å². The Hall–Kier alpha value is -4.46. The Morgan fingerprint density at radius 1 is 1.00 bits per heavy atom. The lowest BCUT2D eigenvalue weighted by molar-refractivity contribution is -0.384. The maximum absolute atomic E-state index is 13.8. The van der Waals surface area contributed by atoms with Crippen molar-refractivity contribution in [1.29, 1.82) is 0 Å². The number of nitro benzene ring substituents is 1. The number of carbonyl (C=O) groups excluding carboxylic acids is 1. The van der Waals surface area contributed by atoms with Crippen LogP contribution in [0.15, 0.2) is 84.9 Å².